The number of aromatic nitrogens is 2. The first-order valence-corrected chi connectivity index (χ1v) is 7.99. The first kappa shape index (κ1) is 15.1. The average molecular weight is 304 g/mol. The molecule has 0 radical (unpaired) electrons. The fourth-order valence-corrected chi connectivity index (χ4v) is 4.00. The molecule has 6 nitrogen and oxygen atoms in total. The lowest BCUT2D eigenvalue weighted by Gasteiger charge is -2.36. The van der Waals surface area contributed by atoms with E-state index in [0.29, 0.717) is 6.54 Å². The quantitative estimate of drug-likeness (QED) is 0.921. The number of carbonyl (C=O) groups is 1. The SMILES string of the molecule is CN(C)c1cc(N2C[C@@H](C(=O)O)C3(CCCCC3)C2)ncn1. The van der Waals surface area contributed by atoms with Crippen molar-refractivity contribution in [2.45, 2.75) is 32.1 Å². The van der Waals surface area contributed by atoms with Crippen LogP contribution in [0.25, 0.3) is 0 Å². The van der Waals surface area contributed by atoms with Crippen LogP contribution in [0.5, 0.6) is 0 Å². The standard InChI is InChI=1S/C16H24N4O2/c1-19(2)13-8-14(18-11-17-13)20-9-12(15(21)22)16(10-20)6-4-3-5-7-16/h8,11-12H,3-7,9-10H2,1-2H3,(H,21,22)/t12-/m0/s1. The monoisotopic (exact) mass is 304 g/mol. The molecule has 1 saturated carbocycles. The summed E-state index contributed by atoms with van der Waals surface area (Å²) in [6, 6.07) is 1.95. The number of carboxylic acid groups (broad SMARTS) is 1. The number of carboxylic acids is 1. The molecule has 2 fully saturated rings. The highest BCUT2D eigenvalue weighted by atomic mass is 16.4. The summed E-state index contributed by atoms with van der Waals surface area (Å²) in [5.41, 5.74) is -0.0761. The third-order valence-electron chi connectivity index (χ3n) is 5.22. The number of anilines is 2. The third kappa shape index (κ3) is 2.62. The summed E-state index contributed by atoms with van der Waals surface area (Å²) in [4.78, 5) is 24.4. The van der Waals surface area contributed by atoms with Gasteiger partial charge >= 0.3 is 5.97 Å². The Balaban J connectivity index is 1.87. The lowest BCUT2D eigenvalue weighted by atomic mass is 9.68. The second kappa shape index (κ2) is 5.74. The van der Waals surface area contributed by atoms with Crippen molar-refractivity contribution in [3.8, 4) is 0 Å². The van der Waals surface area contributed by atoms with Gasteiger partial charge in [0.05, 0.1) is 5.92 Å². The van der Waals surface area contributed by atoms with Crippen molar-refractivity contribution in [3.05, 3.63) is 12.4 Å². The zero-order valence-corrected chi connectivity index (χ0v) is 13.3. The van der Waals surface area contributed by atoms with Crippen LogP contribution in [-0.2, 0) is 4.79 Å². The van der Waals surface area contributed by atoms with Crippen LogP contribution in [0, 0.1) is 11.3 Å². The fraction of sp³-hybridized carbons (Fsp3) is 0.688. The summed E-state index contributed by atoms with van der Waals surface area (Å²) in [5.74, 6) is 0.741. The average Bonchev–Trinajstić information content (AvgIpc) is 2.87. The lowest BCUT2D eigenvalue weighted by Crippen LogP contribution is -2.36. The van der Waals surface area contributed by atoms with Crippen molar-refractivity contribution in [1.82, 2.24) is 9.97 Å². The summed E-state index contributed by atoms with van der Waals surface area (Å²) < 4.78 is 0. The largest absolute Gasteiger partial charge is 0.481 e. The molecule has 0 unspecified atom stereocenters. The molecule has 3 rings (SSSR count). The van der Waals surface area contributed by atoms with Gasteiger partial charge in [-0.05, 0) is 12.8 Å². The van der Waals surface area contributed by atoms with E-state index in [4.69, 9.17) is 0 Å². The van der Waals surface area contributed by atoms with Gasteiger partial charge in [-0.1, -0.05) is 19.3 Å². The Morgan fingerprint density at radius 1 is 1.32 bits per heavy atom. The number of rotatable bonds is 3. The molecule has 2 aliphatic rings. The smallest absolute Gasteiger partial charge is 0.308 e. The maximum atomic E-state index is 11.8. The van der Waals surface area contributed by atoms with Crippen molar-refractivity contribution in [1.29, 1.82) is 0 Å². The van der Waals surface area contributed by atoms with E-state index in [2.05, 4.69) is 14.9 Å². The van der Waals surface area contributed by atoms with Crippen LogP contribution in [0.4, 0.5) is 11.6 Å². The highest BCUT2D eigenvalue weighted by Crippen LogP contribution is 2.48. The van der Waals surface area contributed by atoms with Gasteiger partial charge < -0.3 is 14.9 Å². The van der Waals surface area contributed by atoms with Gasteiger partial charge in [-0.25, -0.2) is 9.97 Å². The maximum Gasteiger partial charge on any atom is 0.308 e. The molecule has 120 valence electrons. The maximum absolute atomic E-state index is 11.8. The first-order chi connectivity index (χ1) is 10.5. The molecule has 0 amide bonds. The van der Waals surface area contributed by atoms with Crippen LogP contribution >= 0.6 is 0 Å². The van der Waals surface area contributed by atoms with E-state index in [1.54, 1.807) is 6.33 Å². The summed E-state index contributed by atoms with van der Waals surface area (Å²) in [5, 5.41) is 9.67. The molecule has 0 bridgehead atoms. The Morgan fingerprint density at radius 3 is 2.68 bits per heavy atom. The van der Waals surface area contributed by atoms with Crippen LogP contribution in [0.3, 0.4) is 0 Å². The minimum absolute atomic E-state index is 0.0761. The molecule has 6 heteroatoms. The third-order valence-corrected chi connectivity index (χ3v) is 5.22. The number of hydrogen-bond acceptors (Lipinski definition) is 5. The minimum atomic E-state index is -0.661. The molecule has 1 aromatic rings. The zero-order valence-electron chi connectivity index (χ0n) is 13.3. The van der Waals surface area contributed by atoms with E-state index >= 15 is 0 Å². The van der Waals surface area contributed by atoms with Crippen molar-refractivity contribution in [3.63, 3.8) is 0 Å². The predicted molar refractivity (Wildman–Crippen MR) is 85.2 cm³/mol. The second-order valence-corrected chi connectivity index (χ2v) is 6.82. The molecule has 1 aliphatic heterocycles. The summed E-state index contributed by atoms with van der Waals surface area (Å²) in [7, 11) is 3.89. The molecule has 1 aromatic heterocycles. The van der Waals surface area contributed by atoms with E-state index in [9.17, 15) is 9.90 Å². The molecule has 1 saturated heterocycles. The highest BCUT2D eigenvalue weighted by Gasteiger charge is 2.50. The summed E-state index contributed by atoms with van der Waals surface area (Å²) in [6.45, 7) is 1.35. The molecule has 1 spiro atoms. The van der Waals surface area contributed by atoms with E-state index in [-0.39, 0.29) is 11.3 Å². The summed E-state index contributed by atoms with van der Waals surface area (Å²) in [6.07, 6.45) is 7.12. The van der Waals surface area contributed by atoms with Gasteiger partial charge in [-0.15, -0.1) is 0 Å². The molecular weight excluding hydrogens is 280 g/mol. The van der Waals surface area contributed by atoms with E-state index in [0.717, 1.165) is 43.9 Å². The fourth-order valence-electron chi connectivity index (χ4n) is 4.00. The normalized spacial score (nSPS) is 23.7. The van der Waals surface area contributed by atoms with Gasteiger partial charge in [0, 0.05) is 38.7 Å². The van der Waals surface area contributed by atoms with Gasteiger partial charge in [0.2, 0.25) is 0 Å². The Kier molecular flexibility index (Phi) is 3.93. The van der Waals surface area contributed by atoms with Crippen molar-refractivity contribution in [2.24, 2.45) is 11.3 Å². The van der Waals surface area contributed by atoms with E-state index in [1.165, 1.54) is 6.42 Å². The van der Waals surface area contributed by atoms with Crippen molar-refractivity contribution in [2.75, 3.05) is 37.0 Å². The van der Waals surface area contributed by atoms with Crippen LogP contribution in [0.2, 0.25) is 0 Å². The first-order valence-electron chi connectivity index (χ1n) is 7.99. The molecular formula is C16H24N4O2. The minimum Gasteiger partial charge on any atom is -0.481 e. The van der Waals surface area contributed by atoms with Crippen molar-refractivity contribution < 1.29 is 9.90 Å². The van der Waals surface area contributed by atoms with E-state index < -0.39 is 5.97 Å². The van der Waals surface area contributed by atoms with E-state index in [1.807, 2.05) is 25.1 Å². The summed E-state index contributed by atoms with van der Waals surface area (Å²) >= 11 is 0. The van der Waals surface area contributed by atoms with Crippen molar-refractivity contribution >= 4 is 17.6 Å². The highest BCUT2D eigenvalue weighted by molar-refractivity contribution is 5.73. The second-order valence-electron chi connectivity index (χ2n) is 6.82. The number of nitrogens with zero attached hydrogens (tertiary/aromatic N) is 4. The van der Waals surface area contributed by atoms with Crippen LogP contribution < -0.4 is 9.80 Å². The molecule has 1 aliphatic carbocycles. The topological polar surface area (TPSA) is 69.6 Å². The number of hydrogen-bond donors (Lipinski definition) is 1. The van der Waals surface area contributed by atoms with Gasteiger partial charge in [0.25, 0.3) is 0 Å². The number of aliphatic carboxylic acids is 1. The van der Waals surface area contributed by atoms with Gasteiger partial charge in [-0.2, -0.15) is 0 Å². The molecule has 1 N–H and O–H groups in total. The Labute approximate surface area is 131 Å². The predicted octanol–water partition coefficient (Wildman–Crippen LogP) is 2.01. The zero-order chi connectivity index (χ0) is 15.7. The Hall–Kier alpha value is -1.85. The molecule has 22 heavy (non-hydrogen) atoms. The van der Waals surface area contributed by atoms with Gasteiger partial charge in [0.1, 0.15) is 18.0 Å². The van der Waals surface area contributed by atoms with Crippen LogP contribution in [0.1, 0.15) is 32.1 Å². The molecule has 2 heterocycles. The molecule has 0 aromatic carbocycles. The lowest BCUT2D eigenvalue weighted by molar-refractivity contribution is -0.145. The Morgan fingerprint density at radius 2 is 2.05 bits per heavy atom. The molecule has 1 atom stereocenters. The van der Waals surface area contributed by atoms with Gasteiger partial charge in [-0.3, -0.25) is 4.79 Å². The van der Waals surface area contributed by atoms with Crippen LogP contribution in [-0.4, -0.2) is 48.2 Å². The van der Waals surface area contributed by atoms with Crippen LogP contribution in [0.15, 0.2) is 12.4 Å². The van der Waals surface area contributed by atoms with Gasteiger partial charge in [0.15, 0.2) is 0 Å². The Bertz CT molecular complexity index is 555.